The molecule has 3 aromatic heterocycles. The van der Waals surface area contributed by atoms with Crippen LogP contribution in [-0.4, -0.2) is 33.8 Å². The number of rotatable bonds is 4. The molecule has 0 aromatic carbocycles. The number of thiophene rings is 1. The summed E-state index contributed by atoms with van der Waals surface area (Å²) in [6.07, 6.45) is 1.07. The van der Waals surface area contributed by atoms with E-state index in [9.17, 15) is 9.59 Å². The zero-order valence-corrected chi connectivity index (χ0v) is 16.7. The van der Waals surface area contributed by atoms with Gasteiger partial charge in [-0.2, -0.15) is 11.3 Å². The number of amides is 1. The Labute approximate surface area is 169 Å². The molecule has 1 fully saturated rings. The summed E-state index contributed by atoms with van der Waals surface area (Å²) in [7, 11) is 0. The second kappa shape index (κ2) is 7.14. The van der Waals surface area contributed by atoms with Crippen molar-refractivity contribution in [2.45, 2.75) is 25.4 Å². The van der Waals surface area contributed by atoms with Gasteiger partial charge in [0.2, 0.25) is 5.13 Å². The lowest BCUT2D eigenvalue weighted by molar-refractivity contribution is 0.0948. The summed E-state index contributed by atoms with van der Waals surface area (Å²) < 4.78 is 1.82. The molecule has 0 unspecified atom stereocenters. The monoisotopic (exact) mass is 413 g/mol. The van der Waals surface area contributed by atoms with E-state index in [2.05, 4.69) is 20.4 Å². The zero-order chi connectivity index (χ0) is 19.1. The van der Waals surface area contributed by atoms with Crippen molar-refractivity contribution >= 4 is 33.7 Å². The van der Waals surface area contributed by atoms with Gasteiger partial charge >= 0.3 is 0 Å². The summed E-state index contributed by atoms with van der Waals surface area (Å²) in [5.41, 5.74) is 3.85. The number of piperidine rings is 1. The SMILES string of the molecule is O=C(NCc1ccsc1)c1ccc2n(c1=O)C[C@H]1C[C@@H]2CN(c2nncs2)C1. The van der Waals surface area contributed by atoms with Crippen LogP contribution < -0.4 is 15.8 Å². The van der Waals surface area contributed by atoms with E-state index in [0.717, 1.165) is 35.9 Å². The van der Waals surface area contributed by atoms with E-state index >= 15 is 0 Å². The molecule has 9 heteroatoms. The molecule has 3 aromatic rings. The molecular weight excluding hydrogens is 394 g/mol. The van der Waals surface area contributed by atoms with Gasteiger partial charge in [-0.05, 0) is 46.9 Å². The Morgan fingerprint density at radius 1 is 1.25 bits per heavy atom. The lowest BCUT2D eigenvalue weighted by Crippen LogP contribution is -2.48. The maximum absolute atomic E-state index is 13.0. The topological polar surface area (TPSA) is 80.1 Å². The van der Waals surface area contributed by atoms with Crippen molar-refractivity contribution in [3.05, 3.63) is 61.6 Å². The Hall–Kier alpha value is -2.52. The number of hydrogen-bond acceptors (Lipinski definition) is 7. The number of nitrogens with zero attached hydrogens (tertiary/aromatic N) is 4. The number of anilines is 1. The van der Waals surface area contributed by atoms with Crippen molar-refractivity contribution in [3.63, 3.8) is 0 Å². The number of aromatic nitrogens is 3. The number of hydrogen-bond donors (Lipinski definition) is 1. The Kier molecular flexibility index (Phi) is 4.48. The third-order valence-electron chi connectivity index (χ3n) is 5.50. The zero-order valence-electron chi connectivity index (χ0n) is 15.1. The quantitative estimate of drug-likeness (QED) is 0.710. The molecule has 0 saturated carbocycles. The average Bonchev–Trinajstić information content (AvgIpc) is 3.41. The van der Waals surface area contributed by atoms with Crippen LogP contribution in [0.5, 0.6) is 0 Å². The Morgan fingerprint density at radius 3 is 2.96 bits per heavy atom. The fourth-order valence-electron chi connectivity index (χ4n) is 4.25. The minimum absolute atomic E-state index is 0.181. The predicted molar refractivity (Wildman–Crippen MR) is 109 cm³/mol. The van der Waals surface area contributed by atoms with E-state index in [0.29, 0.717) is 19.0 Å². The highest BCUT2D eigenvalue weighted by Gasteiger charge is 2.36. The van der Waals surface area contributed by atoms with E-state index in [1.165, 1.54) is 0 Å². The number of nitrogens with one attached hydrogen (secondary N) is 1. The summed E-state index contributed by atoms with van der Waals surface area (Å²) in [6.45, 7) is 2.78. The molecule has 1 saturated heterocycles. The number of carbonyl (C=O) groups excluding carboxylic acids is 1. The Bertz CT molecular complexity index is 1040. The first kappa shape index (κ1) is 17.6. The molecule has 1 amide bonds. The first-order valence-corrected chi connectivity index (χ1v) is 11.1. The number of pyridine rings is 1. The fraction of sp³-hybridized carbons (Fsp3) is 0.368. The van der Waals surface area contributed by atoms with E-state index in [1.807, 2.05) is 27.5 Å². The first-order valence-electron chi connectivity index (χ1n) is 9.23. The summed E-state index contributed by atoms with van der Waals surface area (Å²) in [6, 6.07) is 5.60. The van der Waals surface area contributed by atoms with Gasteiger partial charge in [-0.1, -0.05) is 11.3 Å². The van der Waals surface area contributed by atoms with Crippen LogP contribution in [0.4, 0.5) is 5.13 Å². The lowest BCUT2D eigenvalue weighted by Gasteiger charge is -2.42. The van der Waals surface area contributed by atoms with Crippen molar-refractivity contribution < 1.29 is 4.79 Å². The number of fused-ring (bicyclic) bond motifs is 4. The molecule has 1 N–H and O–H groups in total. The van der Waals surface area contributed by atoms with Gasteiger partial charge in [-0.3, -0.25) is 9.59 Å². The van der Waals surface area contributed by atoms with Crippen LogP contribution in [-0.2, 0) is 13.1 Å². The smallest absolute Gasteiger partial charge is 0.263 e. The molecule has 5 heterocycles. The highest BCUT2D eigenvalue weighted by atomic mass is 32.1. The molecule has 0 spiro atoms. The molecule has 2 aliphatic rings. The lowest BCUT2D eigenvalue weighted by atomic mass is 9.83. The highest BCUT2D eigenvalue weighted by Crippen LogP contribution is 2.37. The molecule has 2 atom stereocenters. The van der Waals surface area contributed by atoms with Crippen LogP contribution in [0.2, 0.25) is 0 Å². The minimum Gasteiger partial charge on any atom is -0.348 e. The largest absolute Gasteiger partial charge is 0.348 e. The standard InChI is InChI=1S/C19H19N5O2S2/c25-17(20-6-12-3-4-27-10-12)15-1-2-16-14-5-13(8-24(16)18(15)26)7-23(9-14)19-22-21-11-28-19/h1-4,10-11,13-14H,5-9H2,(H,20,25)/t13-,14+/m0/s1. The van der Waals surface area contributed by atoms with E-state index in [1.54, 1.807) is 34.3 Å². The predicted octanol–water partition coefficient (Wildman–Crippen LogP) is 2.32. The minimum atomic E-state index is -0.308. The molecule has 0 radical (unpaired) electrons. The molecule has 7 nitrogen and oxygen atoms in total. The van der Waals surface area contributed by atoms with E-state index < -0.39 is 0 Å². The second-order valence-corrected chi connectivity index (χ2v) is 8.92. The Morgan fingerprint density at radius 2 is 2.18 bits per heavy atom. The fourth-order valence-corrected chi connectivity index (χ4v) is 5.50. The van der Waals surface area contributed by atoms with Gasteiger partial charge in [0, 0.05) is 37.8 Å². The van der Waals surface area contributed by atoms with Crippen LogP contribution >= 0.6 is 22.7 Å². The normalized spacial score (nSPS) is 20.6. The van der Waals surface area contributed by atoms with Crippen molar-refractivity contribution in [1.29, 1.82) is 0 Å². The van der Waals surface area contributed by atoms with Crippen LogP contribution in [0.25, 0.3) is 0 Å². The second-order valence-electron chi connectivity index (χ2n) is 7.33. The third kappa shape index (κ3) is 3.14. The maximum Gasteiger partial charge on any atom is 0.263 e. The molecule has 144 valence electrons. The molecule has 2 bridgehead atoms. The molecule has 2 aliphatic heterocycles. The molecule has 0 aliphatic carbocycles. The van der Waals surface area contributed by atoms with Crippen LogP contribution in [0.3, 0.4) is 0 Å². The van der Waals surface area contributed by atoms with Gasteiger partial charge < -0.3 is 14.8 Å². The summed E-state index contributed by atoms with van der Waals surface area (Å²) in [5.74, 6) is 0.335. The van der Waals surface area contributed by atoms with Gasteiger partial charge in [0.05, 0.1) is 0 Å². The first-order chi connectivity index (χ1) is 13.7. The highest BCUT2D eigenvalue weighted by molar-refractivity contribution is 7.13. The summed E-state index contributed by atoms with van der Waals surface area (Å²) in [5, 5.41) is 15.9. The van der Waals surface area contributed by atoms with E-state index in [4.69, 9.17) is 0 Å². The molecular formula is C19H19N5O2S2. The van der Waals surface area contributed by atoms with Gasteiger partial charge in [0.25, 0.3) is 11.5 Å². The van der Waals surface area contributed by atoms with Crippen LogP contribution in [0.15, 0.2) is 39.3 Å². The van der Waals surface area contributed by atoms with Crippen molar-refractivity contribution in [2.24, 2.45) is 5.92 Å². The average molecular weight is 414 g/mol. The van der Waals surface area contributed by atoms with Gasteiger partial charge in [0.15, 0.2) is 0 Å². The van der Waals surface area contributed by atoms with Crippen molar-refractivity contribution in [3.8, 4) is 0 Å². The molecule has 5 rings (SSSR count). The summed E-state index contributed by atoms with van der Waals surface area (Å²) >= 11 is 3.13. The van der Waals surface area contributed by atoms with Gasteiger partial charge in [-0.15, -0.1) is 10.2 Å². The van der Waals surface area contributed by atoms with Gasteiger partial charge in [-0.25, -0.2) is 0 Å². The maximum atomic E-state index is 13.0. The van der Waals surface area contributed by atoms with E-state index in [-0.39, 0.29) is 22.9 Å². The van der Waals surface area contributed by atoms with Crippen molar-refractivity contribution in [1.82, 2.24) is 20.1 Å². The third-order valence-corrected chi connectivity index (χ3v) is 6.98. The van der Waals surface area contributed by atoms with Gasteiger partial charge in [0.1, 0.15) is 11.1 Å². The number of carbonyl (C=O) groups is 1. The Balaban J connectivity index is 1.39. The van der Waals surface area contributed by atoms with Crippen LogP contribution in [0.1, 0.15) is 34.0 Å². The molecule has 28 heavy (non-hydrogen) atoms. The van der Waals surface area contributed by atoms with Crippen molar-refractivity contribution in [2.75, 3.05) is 18.0 Å². The van der Waals surface area contributed by atoms with Crippen LogP contribution in [0, 0.1) is 5.92 Å². The summed E-state index contributed by atoms with van der Waals surface area (Å²) in [4.78, 5) is 27.9.